The Labute approximate surface area is 130 Å². The largest absolute Gasteiger partial charge is 0.497 e. The molecule has 1 amide bonds. The van der Waals surface area contributed by atoms with Crippen LogP contribution in [0.2, 0.25) is 0 Å². The van der Waals surface area contributed by atoms with E-state index in [1.165, 1.54) is 0 Å². The van der Waals surface area contributed by atoms with E-state index in [0.29, 0.717) is 0 Å². The molecule has 1 aromatic heterocycles. The third-order valence-corrected chi connectivity index (χ3v) is 4.34. The van der Waals surface area contributed by atoms with E-state index >= 15 is 0 Å². The van der Waals surface area contributed by atoms with Crippen molar-refractivity contribution in [3.63, 3.8) is 0 Å². The van der Waals surface area contributed by atoms with Gasteiger partial charge in [0.1, 0.15) is 11.8 Å². The number of benzene rings is 1. The van der Waals surface area contributed by atoms with Gasteiger partial charge in [0.25, 0.3) is 0 Å². The first-order valence-electron chi connectivity index (χ1n) is 7.62. The van der Waals surface area contributed by atoms with E-state index in [1.807, 2.05) is 40.8 Å². The minimum absolute atomic E-state index is 0.133. The van der Waals surface area contributed by atoms with Crippen LogP contribution in [0.1, 0.15) is 37.4 Å². The van der Waals surface area contributed by atoms with Crippen molar-refractivity contribution >= 4 is 5.91 Å². The molecule has 0 N–H and O–H groups in total. The molecule has 0 aliphatic carbocycles. The van der Waals surface area contributed by atoms with Crippen molar-refractivity contribution in [2.75, 3.05) is 13.7 Å². The van der Waals surface area contributed by atoms with Gasteiger partial charge in [-0.25, -0.2) is 4.98 Å². The average Bonchev–Trinajstić information content (AvgIpc) is 3.24. The molecule has 0 spiro atoms. The molecule has 1 aliphatic heterocycles. The van der Waals surface area contributed by atoms with E-state index in [-0.39, 0.29) is 18.0 Å². The number of imidazole rings is 1. The Hall–Kier alpha value is -2.30. The predicted octanol–water partition coefficient (Wildman–Crippen LogP) is 2.82. The zero-order chi connectivity index (χ0) is 15.5. The maximum Gasteiger partial charge on any atom is 0.245 e. The van der Waals surface area contributed by atoms with Gasteiger partial charge < -0.3 is 14.2 Å². The van der Waals surface area contributed by atoms with Crippen LogP contribution >= 0.6 is 0 Å². The Kier molecular flexibility index (Phi) is 4.13. The highest BCUT2D eigenvalue weighted by atomic mass is 16.5. The van der Waals surface area contributed by atoms with Gasteiger partial charge in [0.2, 0.25) is 5.91 Å². The Morgan fingerprint density at radius 1 is 1.45 bits per heavy atom. The van der Waals surface area contributed by atoms with Crippen LogP contribution in [-0.4, -0.2) is 34.0 Å². The highest BCUT2D eigenvalue weighted by Gasteiger charge is 2.32. The summed E-state index contributed by atoms with van der Waals surface area (Å²) >= 11 is 0. The second-order valence-electron chi connectivity index (χ2n) is 5.65. The van der Waals surface area contributed by atoms with Crippen LogP contribution in [-0.2, 0) is 4.79 Å². The monoisotopic (exact) mass is 299 g/mol. The minimum atomic E-state index is -0.228. The van der Waals surface area contributed by atoms with Crippen molar-refractivity contribution in [3.05, 3.63) is 48.5 Å². The van der Waals surface area contributed by atoms with Crippen LogP contribution in [0, 0.1) is 0 Å². The number of carbonyl (C=O) groups excluding carboxylic acids is 1. The number of carbonyl (C=O) groups is 1. The van der Waals surface area contributed by atoms with Gasteiger partial charge in [-0.3, -0.25) is 4.79 Å². The molecule has 2 atom stereocenters. The maximum absolute atomic E-state index is 12.8. The fraction of sp³-hybridized carbons (Fsp3) is 0.412. The summed E-state index contributed by atoms with van der Waals surface area (Å²) < 4.78 is 7.15. The number of likely N-dealkylation sites (tertiary alicyclic amines) is 1. The summed E-state index contributed by atoms with van der Waals surface area (Å²) in [6.45, 7) is 2.73. The Bertz CT molecular complexity index is 639. The van der Waals surface area contributed by atoms with Crippen LogP contribution in [0.5, 0.6) is 5.75 Å². The van der Waals surface area contributed by atoms with Crippen molar-refractivity contribution in [2.24, 2.45) is 0 Å². The first-order valence-corrected chi connectivity index (χ1v) is 7.62. The lowest BCUT2D eigenvalue weighted by Crippen LogP contribution is -2.35. The number of hydrogen-bond donors (Lipinski definition) is 0. The van der Waals surface area contributed by atoms with Gasteiger partial charge in [-0.15, -0.1) is 0 Å². The van der Waals surface area contributed by atoms with Crippen molar-refractivity contribution in [2.45, 2.75) is 31.8 Å². The van der Waals surface area contributed by atoms with E-state index in [9.17, 15) is 4.79 Å². The lowest BCUT2D eigenvalue weighted by atomic mass is 10.0. The van der Waals surface area contributed by atoms with Gasteiger partial charge in [0, 0.05) is 18.9 Å². The minimum Gasteiger partial charge on any atom is -0.497 e. The summed E-state index contributed by atoms with van der Waals surface area (Å²) in [5.74, 6) is 0.975. The molecule has 5 heteroatoms. The van der Waals surface area contributed by atoms with Crippen LogP contribution in [0.25, 0.3) is 0 Å². The van der Waals surface area contributed by atoms with Gasteiger partial charge in [0.05, 0.1) is 19.5 Å². The second kappa shape index (κ2) is 6.22. The Morgan fingerprint density at radius 3 is 3.05 bits per heavy atom. The van der Waals surface area contributed by atoms with E-state index < -0.39 is 0 Å². The summed E-state index contributed by atoms with van der Waals surface area (Å²) in [6.07, 6.45) is 7.26. The molecule has 3 rings (SSSR count). The molecule has 2 aromatic rings. The molecule has 1 aliphatic rings. The molecule has 5 nitrogen and oxygen atoms in total. The predicted molar refractivity (Wildman–Crippen MR) is 83.6 cm³/mol. The summed E-state index contributed by atoms with van der Waals surface area (Å²) in [7, 11) is 1.66. The normalized spacial score (nSPS) is 19.2. The number of rotatable bonds is 4. The second-order valence-corrected chi connectivity index (χ2v) is 5.65. The zero-order valence-corrected chi connectivity index (χ0v) is 13.0. The summed E-state index contributed by atoms with van der Waals surface area (Å²) in [4.78, 5) is 18.8. The number of hydrogen-bond acceptors (Lipinski definition) is 3. The number of nitrogens with zero attached hydrogens (tertiary/aromatic N) is 3. The van der Waals surface area contributed by atoms with Gasteiger partial charge >= 0.3 is 0 Å². The number of aromatic nitrogens is 2. The highest BCUT2D eigenvalue weighted by Crippen LogP contribution is 2.34. The van der Waals surface area contributed by atoms with Crippen LogP contribution < -0.4 is 4.74 Å². The first kappa shape index (κ1) is 14.6. The number of methoxy groups -OCH3 is 1. The Morgan fingerprint density at radius 2 is 2.32 bits per heavy atom. The number of ether oxygens (including phenoxy) is 1. The topological polar surface area (TPSA) is 47.4 Å². The van der Waals surface area contributed by atoms with E-state index in [0.717, 1.165) is 30.7 Å². The fourth-order valence-corrected chi connectivity index (χ4v) is 3.09. The van der Waals surface area contributed by atoms with Crippen LogP contribution in [0.3, 0.4) is 0 Å². The first-order chi connectivity index (χ1) is 10.7. The molecule has 0 radical (unpaired) electrons. The summed E-state index contributed by atoms with van der Waals surface area (Å²) in [5.41, 5.74) is 1.14. The van der Waals surface area contributed by atoms with Crippen molar-refractivity contribution < 1.29 is 9.53 Å². The van der Waals surface area contributed by atoms with Gasteiger partial charge in [-0.1, -0.05) is 12.1 Å². The van der Waals surface area contributed by atoms with Gasteiger partial charge in [-0.05, 0) is 37.5 Å². The fourth-order valence-electron chi connectivity index (χ4n) is 3.09. The Balaban J connectivity index is 1.82. The molecule has 0 saturated carbocycles. The summed E-state index contributed by atoms with van der Waals surface area (Å²) in [5, 5.41) is 0. The zero-order valence-electron chi connectivity index (χ0n) is 13.0. The van der Waals surface area contributed by atoms with E-state index in [1.54, 1.807) is 19.6 Å². The van der Waals surface area contributed by atoms with Crippen LogP contribution in [0.4, 0.5) is 0 Å². The lowest BCUT2D eigenvalue weighted by Gasteiger charge is -2.28. The van der Waals surface area contributed by atoms with Crippen molar-refractivity contribution in [1.82, 2.24) is 14.5 Å². The van der Waals surface area contributed by atoms with Crippen LogP contribution in [0.15, 0.2) is 43.0 Å². The molecule has 1 saturated heterocycles. The SMILES string of the molecule is COc1cccc([C@@H]2CCCN2C(=O)[C@@H](C)n2ccnc2)c1. The number of amides is 1. The molecule has 2 heterocycles. The molecular formula is C17H21N3O2. The third kappa shape index (κ3) is 2.71. The summed E-state index contributed by atoms with van der Waals surface area (Å²) in [6, 6.07) is 7.91. The molecule has 1 aromatic carbocycles. The van der Waals surface area contributed by atoms with Crippen molar-refractivity contribution in [1.29, 1.82) is 0 Å². The quantitative estimate of drug-likeness (QED) is 0.872. The van der Waals surface area contributed by atoms with E-state index in [4.69, 9.17) is 4.74 Å². The van der Waals surface area contributed by atoms with Gasteiger partial charge in [0.15, 0.2) is 0 Å². The standard InChI is InChI=1S/C17H21N3O2/c1-13(19-10-8-18-12-19)17(21)20-9-4-7-16(20)14-5-3-6-15(11-14)22-2/h3,5-6,8,10-13,16H,4,7,9H2,1-2H3/t13-,16+/m1/s1. The third-order valence-electron chi connectivity index (χ3n) is 4.34. The van der Waals surface area contributed by atoms with E-state index in [2.05, 4.69) is 11.1 Å². The lowest BCUT2D eigenvalue weighted by molar-refractivity contribution is -0.135. The molecule has 0 unspecified atom stereocenters. The smallest absolute Gasteiger partial charge is 0.245 e. The van der Waals surface area contributed by atoms with Gasteiger partial charge in [-0.2, -0.15) is 0 Å². The maximum atomic E-state index is 12.8. The molecule has 0 bridgehead atoms. The molecule has 22 heavy (non-hydrogen) atoms. The molecule has 1 fully saturated rings. The molecule has 116 valence electrons. The average molecular weight is 299 g/mol. The van der Waals surface area contributed by atoms with Crippen molar-refractivity contribution in [3.8, 4) is 5.75 Å². The highest BCUT2D eigenvalue weighted by molar-refractivity contribution is 5.80. The molecular weight excluding hydrogens is 278 g/mol.